The topological polar surface area (TPSA) is 81.7 Å². The highest BCUT2D eigenvalue weighted by molar-refractivity contribution is 7.70. The Morgan fingerprint density at radius 2 is 1.75 bits per heavy atom. The van der Waals surface area contributed by atoms with E-state index in [1.165, 1.54) is 16.7 Å². The van der Waals surface area contributed by atoms with E-state index in [0.717, 1.165) is 16.9 Å². The van der Waals surface area contributed by atoms with Crippen LogP contribution in [0.1, 0.15) is 40.8 Å². The van der Waals surface area contributed by atoms with E-state index in [9.17, 15) is 13.2 Å². The summed E-state index contributed by atoms with van der Waals surface area (Å²) in [7, 11) is -2.81. The van der Waals surface area contributed by atoms with Gasteiger partial charge in [-0.2, -0.15) is 0 Å². The van der Waals surface area contributed by atoms with Gasteiger partial charge < -0.3 is 14.3 Å². The van der Waals surface area contributed by atoms with Crippen molar-refractivity contribution in [1.82, 2.24) is 4.72 Å². The second kappa shape index (κ2) is 9.54. The summed E-state index contributed by atoms with van der Waals surface area (Å²) in [4.78, 5) is 10.9. The first-order valence-corrected chi connectivity index (χ1v) is 11.6. The molecule has 1 heterocycles. The van der Waals surface area contributed by atoms with E-state index in [4.69, 9.17) is 9.47 Å². The van der Waals surface area contributed by atoms with Gasteiger partial charge >= 0.3 is 0 Å². The van der Waals surface area contributed by atoms with Crippen molar-refractivity contribution in [3.05, 3.63) is 82.9 Å². The maximum absolute atomic E-state index is 11.0. The first kappa shape index (κ1) is 22.0. The summed E-state index contributed by atoms with van der Waals surface area (Å²) < 4.78 is 36.7. The van der Waals surface area contributed by atoms with E-state index in [1.807, 2.05) is 12.1 Å². The summed E-state index contributed by atoms with van der Waals surface area (Å²) in [6.07, 6.45) is 0.510. The Morgan fingerprint density at radius 3 is 2.41 bits per heavy atom. The standard InChI is InChI=1S/C25H25NO5S/c1-16-5-3-6-17(2)24(16)21-8-4-7-20-23(15-30-25(20)21)31-19-11-9-18(10-12-19)22(13-14-27)26-32(28)29/h3-12,14,22-23,32H,13,15H2,1-2H3,(H,26,28,29)/t22?,23-/m1/s1. The Kier molecular flexibility index (Phi) is 6.58. The van der Waals surface area contributed by atoms with Gasteiger partial charge in [-0.1, -0.05) is 48.5 Å². The van der Waals surface area contributed by atoms with Gasteiger partial charge in [0.15, 0.2) is 6.10 Å². The molecule has 0 spiro atoms. The summed E-state index contributed by atoms with van der Waals surface area (Å²) in [5, 5.41) is 0. The van der Waals surface area contributed by atoms with Crippen LogP contribution in [0, 0.1) is 13.8 Å². The number of hydrogen-bond acceptors (Lipinski definition) is 5. The van der Waals surface area contributed by atoms with Crippen molar-refractivity contribution in [2.75, 3.05) is 6.61 Å². The third-order valence-corrected chi connectivity index (χ3v) is 6.20. The van der Waals surface area contributed by atoms with E-state index >= 15 is 0 Å². The second-order valence-corrected chi connectivity index (χ2v) is 8.59. The quantitative estimate of drug-likeness (QED) is 0.396. The molecular weight excluding hydrogens is 426 g/mol. The van der Waals surface area contributed by atoms with E-state index in [2.05, 4.69) is 42.8 Å². The Morgan fingerprint density at radius 1 is 1.06 bits per heavy atom. The number of aldehydes is 1. The summed E-state index contributed by atoms with van der Waals surface area (Å²) >= 11 is 0. The van der Waals surface area contributed by atoms with Crippen molar-refractivity contribution in [3.8, 4) is 22.6 Å². The van der Waals surface area contributed by atoms with Crippen molar-refractivity contribution < 1.29 is 22.7 Å². The number of benzene rings is 3. The smallest absolute Gasteiger partial charge is 0.201 e. The van der Waals surface area contributed by atoms with Gasteiger partial charge in [-0.25, -0.2) is 13.1 Å². The number of ether oxygens (including phenoxy) is 2. The lowest BCUT2D eigenvalue weighted by atomic mass is 9.93. The molecule has 4 rings (SSSR count). The van der Waals surface area contributed by atoms with Crippen molar-refractivity contribution in [2.24, 2.45) is 0 Å². The van der Waals surface area contributed by atoms with Gasteiger partial charge in [-0.3, -0.25) is 0 Å². The molecule has 3 aromatic carbocycles. The van der Waals surface area contributed by atoms with Crippen molar-refractivity contribution >= 4 is 17.2 Å². The van der Waals surface area contributed by atoms with Crippen LogP contribution in [0.25, 0.3) is 11.1 Å². The molecule has 3 aromatic rings. The lowest BCUT2D eigenvalue weighted by Crippen LogP contribution is -2.20. The van der Waals surface area contributed by atoms with E-state index in [1.54, 1.807) is 24.3 Å². The normalized spacial score (nSPS) is 15.8. The zero-order chi connectivity index (χ0) is 22.7. The molecule has 0 radical (unpaired) electrons. The van der Waals surface area contributed by atoms with Gasteiger partial charge in [0.25, 0.3) is 0 Å². The zero-order valence-corrected chi connectivity index (χ0v) is 18.8. The average molecular weight is 452 g/mol. The molecule has 0 saturated carbocycles. The highest BCUT2D eigenvalue weighted by Gasteiger charge is 2.29. The summed E-state index contributed by atoms with van der Waals surface area (Å²) in [5.41, 5.74) is 6.33. The van der Waals surface area contributed by atoms with Crippen LogP contribution in [0.4, 0.5) is 0 Å². The number of nitrogens with one attached hydrogen (secondary N) is 1. The minimum Gasteiger partial charge on any atom is -0.488 e. The molecule has 1 aliphatic heterocycles. The Bertz CT molecular complexity index is 1180. The molecule has 1 unspecified atom stereocenters. The van der Waals surface area contributed by atoms with Crippen molar-refractivity contribution in [3.63, 3.8) is 0 Å². The fourth-order valence-electron chi connectivity index (χ4n) is 4.18. The molecule has 0 aliphatic carbocycles. The summed E-state index contributed by atoms with van der Waals surface area (Å²) in [6.45, 7) is 4.61. The minimum atomic E-state index is -2.81. The Labute approximate surface area is 189 Å². The molecule has 0 saturated heterocycles. The van der Waals surface area contributed by atoms with E-state index < -0.39 is 16.9 Å². The van der Waals surface area contributed by atoms with Gasteiger partial charge in [0.2, 0.25) is 10.9 Å². The maximum Gasteiger partial charge on any atom is 0.201 e. The van der Waals surface area contributed by atoms with Gasteiger partial charge in [0.05, 0.1) is 6.04 Å². The molecule has 0 bridgehead atoms. The number of fused-ring (bicyclic) bond motifs is 1. The Balaban J connectivity index is 1.57. The van der Waals surface area contributed by atoms with Crippen LogP contribution in [-0.2, 0) is 15.7 Å². The highest BCUT2D eigenvalue weighted by atomic mass is 32.2. The number of carbonyl (C=O) groups is 1. The number of carbonyl (C=O) groups excluding carboxylic acids is 1. The molecule has 1 N–H and O–H groups in total. The second-order valence-electron chi connectivity index (χ2n) is 7.82. The van der Waals surface area contributed by atoms with Crippen LogP contribution in [0.15, 0.2) is 60.7 Å². The lowest BCUT2D eigenvalue weighted by molar-refractivity contribution is -0.108. The third-order valence-electron chi connectivity index (χ3n) is 5.68. The Hall–Kier alpha value is -3.16. The largest absolute Gasteiger partial charge is 0.488 e. The molecule has 0 aromatic heterocycles. The first-order chi connectivity index (χ1) is 15.5. The predicted molar refractivity (Wildman–Crippen MR) is 124 cm³/mol. The van der Waals surface area contributed by atoms with E-state index in [0.29, 0.717) is 24.2 Å². The molecule has 6 nitrogen and oxygen atoms in total. The molecule has 166 valence electrons. The molecule has 7 heteroatoms. The molecule has 0 amide bonds. The fraction of sp³-hybridized carbons (Fsp3) is 0.240. The monoisotopic (exact) mass is 451 g/mol. The van der Waals surface area contributed by atoms with Crippen molar-refractivity contribution in [2.45, 2.75) is 32.4 Å². The zero-order valence-electron chi connectivity index (χ0n) is 17.9. The molecule has 32 heavy (non-hydrogen) atoms. The summed E-state index contributed by atoms with van der Waals surface area (Å²) in [6, 6.07) is 18.9. The first-order valence-electron chi connectivity index (χ1n) is 10.4. The van der Waals surface area contributed by atoms with Crippen LogP contribution in [0.2, 0.25) is 0 Å². The summed E-state index contributed by atoms with van der Waals surface area (Å²) in [5.74, 6) is 1.49. The molecule has 0 fully saturated rings. The number of hydrogen-bond donors (Lipinski definition) is 2. The molecule has 1 aliphatic rings. The number of rotatable bonds is 8. The minimum absolute atomic E-state index is 0.0639. The van der Waals surface area contributed by atoms with Crippen LogP contribution >= 0.6 is 0 Å². The van der Waals surface area contributed by atoms with Crippen LogP contribution in [0.3, 0.4) is 0 Å². The van der Waals surface area contributed by atoms with Gasteiger partial charge in [-0.05, 0) is 48.2 Å². The van der Waals surface area contributed by atoms with Crippen molar-refractivity contribution in [1.29, 1.82) is 0 Å². The van der Waals surface area contributed by atoms with Crippen LogP contribution < -0.4 is 14.2 Å². The number of para-hydroxylation sites is 1. The third kappa shape index (κ3) is 4.54. The van der Waals surface area contributed by atoms with Gasteiger partial charge in [-0.15, -0.1) is 0 Å². The fourth-order valence-corrected chi connectivity index (χ4v) is 4.69. The predicted octanol–water partition coefficient (Wildman–Crippen LogP) is 4.23. The van der Waals surface area contributed by atoms with Gasteiger partial charge in [0, 0.05) is 17.5 Å². The molecular formula is C25H25NO5S. The number of thiol groups is 1. The maximum atomic E-state index is 11.0. The number of aryl methyl sites for hydroxylation is 2. The lowest BCUT2D eigenvalue weighted by Gasteiger charge is -2.16. The highest BCUT2D eigenvalue weighted by Crippen LogP contribution is 2.44. The average Bonchev–Trinajstić information content (AvgIpc) is 3.17. The SMILES string of the molecule is Cc1cccc(C)c1-c1cccc2c1OC[C@H]2Oc1ccc(C(CC=O)N[SH](=O)=O)cc1. The van der Waals surface area contributed by atoms with Crippen LogP contribution in [-0.4, -0.2) is 21.3 Å². The molecule has 2 atom stereocenters. The van der Waals surface area contributed by atoms with E-state index in [-0.39, 0.29) is 12.5 Å². The van der Waals surface area contributed by atoms with Gasteiger partial charge in [0.1, 0.15) is 24.4 Å². The van der Waals surface area contributed by atoms with Crippen LogP contribution in [0.5, 0.6) is 11.5 Å².